The molecule has 0 saturated heterocycles. The molecule has 0 aromatic heterocycles. The minimum atomic E-state index is -0.529. The van der Waals surface area contributed by atoms with E-state index in [9.17, 15) is 9.59 Å². The second-order valence-corrected chi connectivity index (χ2v) is 3.47. The second kappa shape index (κ2) is 2.38. The van der Waals surface area contributed by atoms with Crippen molar-refractivity contribution in [3.63, 3.8) is 0 Å². The number of imide groups is 1. The average molecular weight is 157 g/mol. The van der Waals surface area contributed by atoms with E-state index in [1.165, 1.54) is 12.2 Å². The largest absolute Gasteiger partial charge is 0.268 e. The second-order valence-electron chi connectivity index (χ2n) is 1.90. The highest BCUT2D eigenvalue weighted by Crippen LogP contribution is 2.17. The van der Waals surface area contributed by atoms with Gasteiger partial charge >= 0.3 is 0 Å². The van der Waals surface area contributed by atoms with Crippen molar-refractivity contribution < 1.29 is 9.59 Å². The molecule has 1 aliphatic heterocycles. The number of hydrogen-bond donors (Lipinski definition) is 0. The van der Waals surface area contributed by atoms with E-state index in [4.69, 9.17) is 0 Å². The minimum absolute atomic E-state index is 0.258. The van der Waals surface area contributed by atoms with Crippen LogP contribution in [0.15, 0.2) is 12.2 Å². The van der Waals surface area contributed by atoms with Crippen molar-refractivity contribution in [3.05, 3.63) is 12.2 Å². The molecule has 1 rings (SSSR count). The van der Waals surface area contributed by atoms with E-state index < -0.39 is 10.7 Å². The van der Waals surface area contributed by atoms with Crippen LogP contribution in [0.25, 0.3) is 0 Å². The molecule has 1 atom stereocenters. The normalized spacial score (nSPS) is 20.3. The van der Waals surface area contributed by atoms with Crippen molar-refractivity contribution in [2.24, 2.45) is 0 Å². The topological polar surface area (TPSA) is 37.4 Å². The lowest BCUT2D eigenvalue weighted by Crippen LogP contribution is -2.23. The quantitative estimate of drug-likeness (QED) is 0.401. The van der Waals surface area contributed by atoms with Crippen molar-refractivity contribution >= 4 is 28.4 Å². The number of carbonyl (C=O) groups excluding carboxylic acids is 2. The van der Waals surface area contributed by atoms with Gasteiger partial charge in [0.15, 0.2) is 0 Å². The van der Waals surface area contributed by atoms with E-state index in [0.29, 0.717) is 0 Å². The lowest BCUT2D eigenvalue weighted by molar-refractivity contribution is -0.130. The van der Waals surface area contributed by atoms with Crippen LogP contribution in [0.4, 0.5) is 0 Å². The van der Waals surface area contributed by atoms with Crippen LogP contribution in [0.2, 0.25) is 0 Å². The predicted octanol–water partition coefficient (Wildman–Crippen LogP) is 0.157. The Labute approximate surface area is 61.4 Å². The van der Waals surface area contributed by atoms with Gasteiger partial charge in [0.05, 0.1) is 0 Å². The van der Waals surface area contributed by atoms with E-state index in [2.05, 4.69) is 5.87 Å². The van der Waals surface area contributed by atoms with Crippen LogP contribution in [0, 0.1) is 0 Å². The Morgan fingerprint density at radius 3 is 2.00 bits per heavy atom. The number of nitrogens with zero attached hydrogens (tertiary/aromatic N) is 1. The highest BCUT2D eigenvalue weighted by atomic mass is 32.2. The standard InChI is InChI=1S/C6H7NO2S/c1-10(2)7-5(8)3-4-6(7)9/h3-4H,1H2,2H3. The zero-order valence-electron chi connectivity index (χ0n) is 5.53. The summed E-state index contributed by atoms with van der Waals surface area (Å²) in [6.07, 6.45) is 4.25. The summed E-state index contributed by atoms with van der Waals surface area (Å²) in [5.74, 6) is 3.08. The van der Waals surface area contributed by atoms with Gasteiger partial charge in [-0.15, -0.1) is 0 Å². The van der Waals surface area contributed by atoms with Crippen molar-refractivity contribution in [3.8, 4) is 0 Å². The molecule has 2 amide bonds. The molecule has 1 unspecified atom stereocenters. The first-order valence-electron chi connectivity index (χ1n) is 2.65. The summed E-state index contributed by atoms with van der Waals surface area (Å²) in [6, 6.07) is 0. The first-order valence-corrected chi connectivity index (χ1v) is 4.40. The third-order valence-corrected chi connectivity index (χ3v) is 2.06. The lowest BCUT2D eigenvalue weighted by atomic mass is 10.6. The van der Waals surface area contributed by atoms with Crippen molar-refractivity contribution in [1.29, 1.82) is 0 Å². The van der Waals surface area contributed by atoms with Crippen molar-refractivity contribution in [1.82, 2.24) is 4.31 Å². The van der Waals surface area contributed by atoms with Gasteiger partial charge in [0, 0.05) is 12.2 Å². The number of carbonyl (C=O) groups is 2. The Hall–Kier alpha value is -0.900. The maximum atomic E-state index is 10.8. The molecule has 54 valence electrons. The molecule has 0 saturated carbocycles. The first kappa shape index (κ1) is 7.21. The number of rotatable bonds is 1. The van der Waals surface area contributed by atoms with Crippen LogP contribution in [-0.2, 0) is 9.59 Å². The van der Waals surface area contributed by atoms with E-state index in [-0.39, 0.29) is 11.8 Å². The van der Waals surface area contributed by atoms with E-state index in [1.807, 2.05) is 0 Å². The molecule has 0 bridgehead atoms. The molecule has 4 heteroatoms. The fourth-order valence-electron chi connectivity index (χ4n) is 0.694. The molecule has 10 heavy (non-hydrogen) atoms. The molecule has 1 heterocycles. The van der Waals surface area contributed by atoms with Crippen LogP contribution < -0.4 is 0 Å². The van der Waals surface area contributed by atoms with Gasteiger partial charge in [-0.25, -0.2) is 4.31 Å². The Balaban J connectivity index is 2.90. The minimum Gasteiger partial charge on any atom is -0.268 e. The van der Waals surface area contributed by atoms with Crippen LogP contribution in [0.5, 0.6) is 0 Å². The molecular formula is C6H7NO2S. The molecule has 0 aliphatic carbocycles. The van der Waals surface area contributed by atoms with Crippen molar-refractivity contribution in [2.75, 3.05) is 6.26 Å². The Kier molecular flexibility index (Phi) is 1.72. The third-order valence-electron chi connectivity index (χ3n) is 1.08. The van der Waals surface area contributed by atoms with Gasteiger partial charge in [-0.2, -0.15) is 0 Å². The van der Waals surface area contributed by atoms with E-state index in [1.54, 1.807) is 6.26 Å². The van der Waals surface area contributed by atoms with Gasteiger partial charge in [-0.05, 0) is 6.26 Å². The molecule has 0 aromatic carbocycles. The summed E-state index contributed by atoms with van der Waals surface area (Å²) >= 11 is 0. The summed E-state index contributed by atoms with van der Waals surface area (Å²) < 4.78 is 1.14. The fourth-order valence-corrected chi connectivity index (χ4v) is 1.43. The number of hydrogen-bond acceptors (Lipinski definition) is 2. The Bertz CT molecular complexity index is 226. The molecule has 0 fully saturated rings. The van der Waals surface area contributed by atoms with Crippen LogP contribution in [0.3, 0.4) is 0 Å². The van der Waals surface area contributed by atoms with Gasteiger partial charge in [0.2, 0.25) is 0 Å². The molecule has 0 aromatic rings. The molecular weight excluding hydrogens is 150 g/mol. The SMILES string of the molecule is C=S(C)N1C(=O)C=CC1=O. The van der Waals surface area contributed by atoms with Gasteiger partial charge in [0.1, 0.15) is 0 Å². The van der Waals surface area contributed by atoms with Crippen LogP contribution in [0.1, 0.15) is 0 Å². The van der Waals surface area contributed by atoms with Crippen LogP contribution in [-0.4, -0.2) is 28.2 Å². The van der Waals surface area contributed by atoms with E-state index in [0.717, 1.165) is 4.31 Å². The maximum absolute atomic E-state index is 10.8. The lowest BCUT2D eigenvalue weighted by Gasteiger charge is -2.12. The number of amides is 2. The van der Waals surface area contributed by atoms with E-state index >= 15 is 0 Å². The summed E-state index contributed by atoms with van der Waals surface area (Å²) in [7, 11) is -0.529. The zero-order chi connectivity index (χ0) is 7.72. The summed E-state index contributed by atoms with van der Waals surface area (Å²) in [5.41, 5.74) is 0. The highest BCUT2D eigenvalue weighted by molar-refractivity contribution is 8.12. The first-order chi connectivity index (χ1) is 4.63. The fraction of sp³-hybridized carbons (Fsp3) is 0.167. The summed E-state index contributed by atoms with van der Waals surface area (Å²) in [6.45, 7) is 0. The summed E-state index contributed by atoms with van der Waals surface area (Å²) in [5, 5.41) is 0. The van der Waals surface area contributed by atoms with Gasteiger partial charge in [0.25, 0.3) is 11.8 Å². The zero-order valence-corrected chi connectivity index (χ0v) is 6.35. The van der Waals surface area contributed by atoms with Crippen molar-refractivity contribution in [2.45, 2.75) is 0 Å². The average Bonchev–Trinajstić information content (AvgIpc) is 2.11. The highest BCUT2D eigenvalue weighted by Gasteiger charge is 2.22. The summed E-state index contributed by atoms with van der Waals surface area (Å²) in [4.78, 5) is 21.6. The Morgan fingerprint density at radius 1 is 1.40 bits per heavy atom. The molecule has 3 nitrogen and oxygen atoms in total. The molecule has 0 N–H and O–H groups in total. The van der Waals surface area contributed by atoms with Crippen LogP contribution >= 0.6 is 10.7 Å². The molecule has 0 spiro atoms. The predicted molar refractivity (Wildman–Crippen MR) is 41.6 cm³/mol. The van der Waals surface area contributed by atoms with Gasteiger partial charge in [-0.3, -0.25) is 9.59 Å². The molecule has 0 radical (unpaired) electrons. The van der Waals surface area contributed by atoms with Gasteiger partial charge in [-0.1, -0.05) is 16.5 Å². The third kappa shape index (κ3) is 1.02. The maximum Gasteiger partial charge on any atom is 0.263 e. The molecule has 1 aliphatic rings. The smallest absolute Gasteiger partial charge is 0.263 e. The Morgan fingerprint density at radius 2 is 1.80 bits per heavy atom. The monoisotopic (exact) mass is 157 g/mol. The van der Waals surface area contributed by atoms with Gasteiger partial charge < -0.3 is 0 Å².